The summed E-state index contributed by atoms with van der Waals surface area (Å²) in [4.78, 5) is 36.0. The summed E-state index contributed by atoms with van der Waals surface area (Å²) in [5, 5.41) is 3.15. The zero-order valence-electron chi connectivity index (χ0n) is 13.9. The predicted octanol–water partition coefficient (Wildman–Crippen LogP) is 3.59. The number of benzene rings is 1. The molecule has 2 aromatic heterocycles. The second kappa shape index (κ2) is 7.41. The van der Waals surface area contributed by atoms with Crippen molar-refractivity contribution in [1.82, 2.24) is 4.40 Å². The highest BCUT2D eigenvalue weighted by Gasteiger charge is 2.19. The number of aromatic nitrogens is 1. The number of rotatable bonds is 5. The van der Waals surface area contributed by atoms with E-state index in [1.165, 1.54) is 13.0 Å². The van der Waals surface area contributed by atoms with Crippen molar-refractivity contribution in [2.24, 2.45) is 0 Å². The van der Waals surface area contributed by atoms with Gasteiger partial charge in [0.15, 0.2) is 12.4 Å². The van der Waals surface area contributed by atoms with E-state index in [1.54, 1.807) is 53.1 Å². The summed E-state index contributed by atoms with van der Waals surface area (Å²) in [6, 6.07) is 13.2. The molecule has 0 aliphatic heterocycles. The number of esters is 1. The van der Waals surface area contributed by atoms with Crippen LogP contribution in [0.4, 0.5) is 5.69 Å². The van der Waals surface area contributed by atoms with E-state index in [-0.39, 0.29) is 11.3 Å². The van der Waals surface area contributed by atoms with Gasteiger partial charge in [-0.3, -0.25) is 9.59 Å². The van der Waals surface area contributed by atoms with Crippen molar-refractivity contribution >= 4 is 40.5 Å². The largest absolute Gasteiger partial charge is 0.452 e. The minimum atomic E-state index is -0.674. The number of nitrogens with zero attached hydrogens (tertiary/aromatic N) is 1. The Bertz CT molecular complexity index is 992. The normalized spacial score (nSPS) is 10.5. The van der Waals surface area contributed by atoms with Gasteiger partial charge in [-0.1, -0.05) is 17.7 Å². The molecule has 0 radical (unpaired) electrons. The van der Waals surface area contributed by atoms with E-state index < -0.39 is 18.5 Å². The summed E-state index contributed by atoms with van der Waals surface area (Å²) in [6.07, 6.45) is 1.69. The molecule has 0 aliphatic carbocycles. The third kappa shape index (κ3) is 3.75. The van der Waals surface area contributed by atoms with E-state index in [4.69, 9.17) is 16.3 Å². The van der Waals surface area contributed by atoms with Crippen LogP contribution in [0.2, 0.25) is 5.02 Å². The molecule has 1 amide bonds. The van der Waals surface area contributed by atoms with Gasteiger partial charge in [-0.05, 0) is 42.5 Å². The second-order valence-corrected chi connectivity index (χ2v) is 6.02. The van der Waals surface area contributed by atoms with Crippen LogP contribution < -0.4 is 5.32 Å². The summed E-state index contributed by atoms with van der Waals surface area (Å²) in [5.74, 6) is -1.32. The zero-order valence-corrected chi connectivity index (χ0v) is 14.6. The zero-order chi connectivity index (χ0) is 18.7. The quantitative estimate of drug-likeness (QED) is 0.550. The number of anilines is 1. The summed E-state index contributed by atoms with van der Waals surface area (Å²) in [5.41, 5.74) is 1.69. The van der Waals surface area contributed by atoms with Crippen LogP contribution in [-0.2, 0) is 9.53 Å². The number of fused-ring (bicyclic) bond motifs is 1. The highest BCUT2D eigenvalue weighted by molar-refractivity contribution is 6.30. The Morgan fingerprint density at radius 3 is 2.54 bits per heavy atom. The number of hydrogen-bond acceptors (Lipinski definition) is 4. The number of carbonyl (C=O) groups excluding carboxylic acids is 3. The fraction of sp³-hybridized carbons (Fsp3) is 0.105. The number of ketones is 1. The maximum Gasteiger partial charge on any atom is 0.340 e. The van der Waals surface area contributed by atoms with E-state index in [9.17, 15) is 14.4 Å². The van der Waals surface area contributed by atoms with Crippen molar-refractivity contribution in [2.75, 3.05) is 11.9 Å². The van der Waals surface area contributed by atoms with Gasteiger partial charge in [-0.2, -0.15) is 0 Å². The van der Waals surface area contributed by atoms with Crippen molar-refractivity contribution in [3.8, 4) is 0 Å². The van der Waals surface area contributed by atoms with Crippen LogP contribution in [-0.4, -0.2) is 28.7 Å². The Balaban J connectivity index is 1.70. The molecule has 1 N–H and O–H groups in total. The molecule has 1 aromatic carbocycles. The first-order valence-corrected chi connectivity index (χ1v) is 8.17. The first kappa shape index (κ1) is 17.7. The monoisotopic (exact) mass is 370 g/mol. The Kier molecular flexibility index (Phi) is 5.04. The summed E-state index contributed by atoms with van der Waals surface area (Å²) < 4.78 is 6.70. The topological polar surface area (TPSA) is 76.9 Å². The summed E-state index contributed by atoms with van der Waals surface area (Å²) in [7, 11) is 0. The molecule has 3 rings (SSSR count). The molecule has 7 heteroatoms. The number of carbonyl (C=O) groups is 3. The Labute approximate surface area is 154 Å². The molecule has 2 heterocycles. The van der Waals surface area contributed by atoms with E-state index >= 15 is 0 Å². The molecule has 0 bridgehead atoms. The Hall–Kier alpha value is -3.12. The number of nitrogens with one attached hydrogen (secondary N) is 1. The van der Waals surface area contributed by atoms with Gasteiger partial charge in [0.1, 0.15) is 0 Å². The molecule has 132 valence electrons. The fourth-order valence-electron chi connectivity index (χ4n) is 2.53. The maximum absolute atomic E-state index is 12.4. The van der Waals surface area contributed by atoms with Crippen LogP contribution in [0.1, 0.15) is 27.8 Å². The number of pyridine rings is 1. The van der Waals surface area contributed by atoms with Gasteiger partial charge in [0.2, 0.25) is 0 Å². The molecule has 26 heavy (non-hydrogen) atoms. The molecule has 0 saturated carbocycles. The fourth-order valence-corrected chi connectivity index (χ4v) is 2.65. The SMILES string of the molecule is CC(=O)c1cc(C(=O)OCC(=O)Nc2ccc(Cl)cc2)c2ccccn12. The number of Topliss-reactive ketones (excluding diaryl/α,β-unsaturated/α-hetero) is 1. The standard InChI is InChI=1S/C19H15ClN2O4/c1-12(23)17-10-15(16-4-2-3-9-22(16)17)19(25)26-11-18(24)21-14-7-5-13(20)6-8-14/h2-10H,11H2,1H3,(H,21,24). The molecule has 6 nitrogen and oxygen atoms in total. The van der Waals surface area contributed by atoms with Gasteiger partial charge in [0, 0.05) is 23.8 Å². The third-order valence-corrected chi connectivity index (χ3v) is 3.97. The van der Waals surface area contributed by atoms with Crippen molar-refractivity contribution in [2.45, 2.75) is 6.92 Å². The van der Waals surface area contributed by atoms with E-state index in [0.29, 0.717) is 21.9 Å². The first-order valence-electron chi connectivity index (χ1n) is 7.79. The lowest BCUT2D eigenvalue weighted by Gasteiger charge is -2.06. The van der Waals surface area contributed by atoms with Crippen LogP contribution in [0.25, 0.3) is 5.52 Å². The molecule has 0 unspecified atom stereocenters. The lowest BCUT2D eigenvalue weighted by Crippen LogP contribution is -2.20. The number of amides is 1. The smallest absolute Gasteiger partial charge is 0.340 e. The molecule has 0 aliphatic rings. The van der Waals surface area contributed by atoms with Crippen LogP contribution >= 0.6 is 11.6 Å². The van der Waals surface area contributed by atoms with Gasteiger partial charge < -0.3 is 14.5 Å². The average Bonchev–Trinajstić information content (AvgIpc) is 3.02. The average molecular weight is 371 g/mol. The van der Waals surface area contributed by atoms with E-state index in [2.05, 4.69) is 5.32 Å². The second-order valence-electron chi connectivity index (χ2n) is 5.59. The van der Waals surface area contributed by atoms with Gasteiger partial charge in [-0.15, -0.1) is 0 Å². The van der Waals surface area contributed by atoms with Gasteiger partial charge in [0.05, 0.1) is 16.8 Å². The molecular weight excluding hydrogens is 356 g/mol. The van der Waals surface area contributed by atoms with Crippen molar-refractivity contribution < 1.29 is 19.1 Å². The van der Waals surface area contributed by atoms with E-state index in [0.717, 1.165) is 0 Å². The summed E-state index contributed by atoms with van der Waals surface area (Å²) >= 11 is 5.78. The molecule has 0 saturated heterocycles. The van der Waals surface area contributed by atoms with Crippen LogP contribution in [0.5, 0.6) is 0 Å². The Morgan fingerprint density at radius 1 is 1.12 bits per heavy atom. The molecule has 0 spiro atoms. The number of ether oxygens (including phenoxy) is 1. The minimum absolute atomic E-state index is 0.175. The highest BCUT2D eigenvalue weighted by atomic mass is 35.5. The van der Waals surface area contributed by atoms with Crippen LogP contribution in [0.15, 0.2) is 54.7 Å². The number of halogens is 1. The molecular formula is C19H15ClN2O4. The third-order valence-electron chi connectivity index (χ3n) is 3.72. The number of hydrogen-bond donors (Lipinski definition) is 1. The predicted molar refractivity (Wildman–Crippen MR) is 97.8 cm³/mol. The Morgan fingerprint density at radius 2 is 1.85 bits per heavy atom. The van der Waals surface area contributed by atoms with E-state index in [1.807, 2.05) is 0 Å². The minimum Gasteiger partial charge on any atom is -0.452 e. The lowest BCUT2D eigenvalue weighted by molar-refractivity contribution is -0.119. The van der Waals surface area contributed by atoms with Crippen molar-refractivity contribution in [1.29, 1.82) is 0 Å². The molecule has 0 fully saturated rings. The van der Waals surface area contributed by atoms with Gasteiger partial charge in [0.25, 0.3) is 5.91 Å². The van der Waals surface area contributed by atoms with Crippen LogP contribution in [0, 0.1) is 0 Å². The molecule has 0 atom stereocenters. The van der Waals surface area contributed by atoms with Crippen molar-refractivity contribution in [3.05, 3.63) is 71.0 Å². The lowest BCUT2D eigenvalue weighted by atomic mass is 10.2. The maximum atomic E-state index is 12.4. The molecule has 3 aromatic rings. The van der Waals surface area contributed by atoms with Crippen molar-refractivity contribution in [3.63, 3.8) is 0 Å². The summed E-state index contributed by atoms with van der Waals surface area (Å²) in [6.45, 7) is 0.977. The van der Waals surface area contributed by atoms with Gasteiger partial charge in [-0.25, -0.2) is 4.79 Å². The first-order chi connectivity index (χ1) is 12.5. The van der Waals surface area contributed by atoms with Crippen LogP contribution in [0.3, 0.4) is 0 Å². The van der Waals surface area contributed by atoms with Gasteiger partial charge >= 0.3 is 5.97 Å². The highest BCUT2D eigenvalue weighted by Crippen LogP contribution is 2.19.